The predicted molar refractivity (Wildman–Crippen MR) is 90.7 cm³/mol. The Morgan fingerprint density at radius 2 is 2.09 bits per heavy atom. The number of hydrogen-bond donors (Lipinski definition) is 3. The van der Waals surface area contributed by atoms with Gasteiger partial charge in [-0.2, -0.15) is 0 Å². The van der Waals surface area contributed by atoms with E-state index in [0.717, 1.165) is 31.4 Å². The largest absolute Gasteiger partial charge is 0.352 e. The first kappa shape index (κ1) is 18.5. The topological polar surface area (TPSA) is 70.2 Å². The number of halogens is 1. The summed E-state index contributed by atoms with van der Waals surface area (Å²) in [4.78, 5) is 24.1. The van der Waals surface area contributed by atoms with Gasteiger partial charge in [-0.3, -0.25) is 9.59 Å². The van der Waals surface area contributed by atoms with Gasteiger partial charge in [-0.15, -0.1) is 12.4 Å². The standard InChI is InChI=1S/C16H23N3O2.ClH/c1-3-17-15(20)12-8-7-11(2)14(10-12)19-16(21)13-6-4-5-9-18-13;/h7-8,10,13,18H,3-6,9H2,1-2H3,(H,17,20)(H,19,21);1H/t13-;/m0./s1. The first-order valence-corrected chi connectivity index (χ1v) is 7.55. The van der Waals surface area contributed by atoms with Gasteiger partial charge in [-0.1, -0.05) is 12.5 Å². The highest BCUT2D eigenvalue weighted by molar-refractivity contribution is 5.99. The highest BCUT2D eigenvalue weighted by Crippen LogP contribution is 2.18. The Morgan fingerprint density at radius 3 is 2.73 bits per heavy atom. The van der Waals surface area contributed by atoms with Gasteiger partial charge in [0, 0.05) is 17.8 Å². The monoisotopic (exact) mass is 325 g/mol. The molecule has 3 N–H and O–H groups in total. The van der Waals surface area contributed by atoms with Gasteiger partial charge in [0.25, 0.3) is 5.91 Å². The lowest BCUT2D eigenvalue weighted by atomic mass is 10.0. The van der Waals surface area contributed by atoms with Crippen molar-refractivity contribution in [2.24, 2.45) is 0 Å². The Balaban J connectivity index is 0.00000242. The Morgan fingerprint density at radius 1 is 1.32 bits per heavy atom. The lowest BCUT2D eigenvalue weighted by Crippen LogP contribution is -2.43. The maximum atomic E-state index is 12.3. The summed E-state index contributed by atoms with van der Waals surface area (Å²) in [5.74, 6) is -0.144. The van der Waals surface area contributed by atoms with Crippen LogP contribution in [-0.2, 0) is 4.79 Å². The zero-order chi connectivity index (χ0) is 15.2. The molecule has 0 aromatic heterocycles. The molecule has 0 aliphatic carbocycles. The quantitative estimate of drug-likeness (QED) is 0.795. The van der Waals surface area contributed by atoms with E-state index in [4.69, 9.17) is 0 Å². The van der Waals surface area contributed by atoms with Crippen molar-refractivity contribution >= 4 is 29.9 Å². The third kappa shape index (κ3) is 4.71. The van der Waals surface area contributed by atoms with E-state index in [1.807, 2.05) is 19.9 Å². The normalized spacial score (nSPS) is 17.3. The first-order valence-electron chi connectivity index (χ1n) is 7.55. The van der Waals surface area contributed by atoms with Crippen LogP contribution in [-0.4, -0.2) is 30.9 Å². The molecule has 1 aromatic rings. The summed E-state index contributed by atoms with van der Waals surface area (Å²) in [6.07, 6.45) is 3.05. The van der Waals surface area contributed by atoms with Crippen molar-refractivity contribution in [1.82, 2.24) is 10.6 Å². The minimum atomic E-state index is -0.133. The Bertz CT molecular complexity index is 528. The second-order valence-corrected chi connectivity index (χ2v) is 5.38. The van der Waals surface area contributed by atoms with Crippen molar-refractivity contribution in [3.05, 3.63) is 29.3 Å². The second-order valence-electron chi connectivity index (χ2n) is 5.38. The fraction of sp³-hybridized carbons (Fsp3) is 0.500. The summed E-state index contributed by atoms with van der Waals surface area (Å²) in [6.45, 7) is 5.27. The van der Waals surface area contributed by atoms with Crippen molar-refractivity contribution in [2.75, 3.05) is 18.4 Å². The van der Waals surface area contributed by atoms with Crippen molar-refractivity contribution in [2.45, 2.75) is 39.2 Å². The minimum Gasteiger partial charge on any atom is -0.352 e. The molecule has 0 bridgehead atoms. The smallest absolute Gasteiger partial charge is 0.251 e. The maximum absolute atomic E-state index is 12.3. The molecule has 1 saturated heterocycles. The van der Waals surface area contributed by atoms with Gasteiger partial charge >= 0.3 is 0 Å². The molecule has 1 atom stereocenters. The number of hydrogen-bond acceptors (Lipinski definition) is 3. The number of anilines is 1. The molecule has 6 heteroatoms. The van der Waals surface area contributed by atoms with E-state index in [1.54, 1.807) is 12.1 Å². The van der Waals surface area contributed by atoms with E-state index in [9.17, 15) is 9.59 Å². The molecule has 22 heavy (non-hydrogen) atoms. The molecule has 1 aliphatic rings. The van der Waals surface area contributed by atoms with Crippen LogP contribution in [0.1, 0.15) is 42.1 Å². The van der Waals surface area contributed by atoms with E-state index >= 15 is 0 Å². The van der Waals surface area contributed by atoms with Crippen LogP contribution in [0.4, 0.5) is 5.69 Å². The van der Waals surface area contributed by atoms with Gasteiger partial charge in [-0.05, 0) is 50.9 Å². The van der Waals surface area contributed by atoms with Crippen LogP contribution in [0.25, 0.3) is 0 Å². The van der Waals surface area contributed by atoms with Gasteiger partial charge in [0.1, 0.15) is 0 Å². The van der Waals surface area contributed by atoms with E-state index in [1.165, 1.54) is 0 Å². The van der Waals surface area contributed by atoms with E-state index < -0.39 is 0 Å². The molecule has 0 unspecified atom stereocenters. The maximum Gasteiger partial charge on any atom is 0.251 e. The molecule has 122 valence electrons. The minimum absolute atomic E-state index is 0. The van der Waals surface area contributed by atoms with Crippen LogP contribution < -0.4 is 16.0 Å². The SMILES string of the molecule is CCNC(=O)c1ccc(C)c(NC(=O)[C@@H]2CCCCN2)c1.Cl. The van der Waals surface area contributed by atoms with E-state index in [0.29, 0.717) is 17.8 Å². The van der Waals surface area contributed by atoms with Gasteiger partial charge in [-0.25, -0.2) is 0 Å². The first-order chi connectivity index (χ1) is 10.1. The molecule has 5 nitrogen and oxygen atoms in total. The van der Waals surface area contributed by atoms with Crippen LogP contribution in [0.5, 0.6) is 0 Å². The summed E-state index contributed by atoms with van der Waals surface area (Å²) >= 11 is 0. The lowest BCUT2D eigenvalue weighted by molar-refractivity contribution is -0.118. The number of amides is 2. The van der Waals surface area contributed by atoms with Crippen LogP contribution in [0.2, 0.25) is 0 Å². The van der Waals surface area contributed by atoms with Crippen LogP contribution in [0, 0.1) is 6.92 Å². The second kappa shape index (κ2) is 8.76. The molecule has 2 rings (SSSR count). The zero-order valence-electron chi connectivity index (χ0n) is 13.1. The number of aryl methyl sites for hydroxylation is 1. The van der Waals surface area contributed by atoms with Crippen LogP contribution in [0.3, 0.4) is 0 Å². The number of benzene rings is 1. The summed E-state index contributed by atoms with van der Waals surface area (Å²) in [7, 11) is 0. The highest BCUT2D eigenvalue weighted by Gasteiger charge is 2.21. The zero-order valence-corrected chi connectivity index (χ0v) is 13.9. The van der Waals surface area contributed by atoms with Gasteiger partial charge in [0.2, 0.25) is 5.91 Å². The third-order valence-electron chi connectivity index (χ3n) is 3.72. The van der Waals surface area contributed by atoms with Crippen LogP contribution in [0.15, 0.2) is 18.2 Å². The van der Waals surface area contributed by atoms with Crippen molar-refractivity contribution in [3.8, 4) is 0 Å². The molecule has 1 aliphatic heterocycles. The number of carbonyl (C=O) groups excluding carboxylic acids is 2. The molecular formula is C16H24ClN3O2. The number of piperidine rings is 1. The molecular weight excluding hydrogens is 302 g/mol. The summed E-state index contributed by atoms with van der Waals surface area (Å²) in [5.41, 5.74) is 2.22. The lowest BCUT2D eigenvalue weighted by Gasteiger charge is -2.23. The van der Waals surface area contributed by atoms with E-state index in [-0.39, 0.29) is 30.3 Å². The number of rotatable bonds is 4. The van der Waals surface area contributed by atoms with Crippen molar-refractivity contribution < 1.29 is 9.59 Å². The molecule has 2 amide bonds. The highest BCUT2D eigenvalue weighted by atomic mass is 35.5. The summed E-state index contributed by atoms with van der Waals surface area (Å²) < 4.78 is 0. The Labute approximate surface area is 137 Å². The van der Waals surface area contributed by atoms with Crippen LogP contribution >= 0.6 is 12.4 Å². The fourth-order valence-electron chi connectivity index (χ4n) is 2.46. The molecule has 1 fully saturated rings. The fourth-order valence-corrected chi connectivity index (χ4v) is 2.46. The Hall–Kier alpha value is -1.59. The van der Waals surface area contributed by atoms with Gasteiger partial charge in [0.05, 0.1) is 6.04 Å². The Kier molecular flexibility index (Phi) is 7.35. The van der Waals surface area contributed by atoms with E-state index in [2.05, 4.69) is 16.0 Å². The number of carbonyl (C=O) groups is 2. The summed E-state index contributed by atoms with van der Waals surface area (Å²) in [5, 5.41) is 8.92. The molecule has 0 radical (unpaired) electrons. The van der Waals surface area contributed by atoms with Gasteiger partial charge in [0.15, 0.2) is 0 Å². The molecule has 0 spiro atoms. The molecule has 1 aromatic carbocycles. The molecule has 0 saturated carbocycles. The van der Waals surface area contributed by atoms with Crippen molar-refractivity contribution in [1.29, 1.82) is 0 Å². The third-order valence-corrected chi connectivity index (χ3v) is 3.72. The number of nitrogens with one attached hydrogen (secondary N) is 3. The average Bonchev–Trinajstić information content (AvgIpc) is 2.50. The average molecular weight is 326 g/mol. The van der Waals surface area contributed by atoms with Crippen molar-refractivity contribution in [3.63, 3.8) is 0 Å². The molecule has 1 heterocycles. The predicted octanol–water partition coefficient (Wildman–Crippen LogP) is 2.25. The van der Waals surface area contributed by atoms with Gasteiger partial charge < -0.3 is 16.0 Å². The summed E-state index contributed by atoms with van der Waals surface area (Å²) in [6, 6.07) is 5.23.